The van der Waals surface area contributed by atoms with Gasteiger partial charge in [-0.15, -0.1) is 0 Å². The molecule has 0 bridgehead atoms. The monoisotopic (exact) mass is 356 g/mol. The van der Waals surface area contributed by atoms with E-state index in [1.165, 1.54) is 0 Å². The Bertz CT molecular complexity index is 722. The number of esters is 1. The Morgan fingerprint density at radius 3 is 2.50 bits per heavy atom. The second-order valence-electron chi connectivity index (χ2n) is 5.72. The van der Waals surface area contributed by atoms with Crippen molar-refractivity contribution in [2.75, 3.05) is 26.9 Å². The predicted molar refractivity (Wildman–Crippen MR) is 99.6 cm³/mol. The highest BCUT2D eigenvalue weighted by Gasteiger charge is 2.10. The van der Waals surface area contributed by atoms with E-state index in [0.29, 0.717) is 38.2 Å². The van der Waals surface area contributed by atoms with Crippen molar-refractivity contribution in [2.24, 2.45) is 0 Å². The average Bonchev–Trinajstić information content (AvgIpc) is 2.67. The summed E-state index contributed by atoms with van der Waals surface area (Å²) in [7, 11) is 1.62. The number of hydrogen-bond acceptors (Lipinski definition) is 5. The second kappa shape index (κ2) is 10.4. The van der Waals surface area contributed by atoms with Gasteiger partial charge in [-0.2, -0.15) is 0 Å². The van der Waals surface area contributed by atoms with E-state index in [1.807, 2.05) is 30.3 Å². The van der Waals surface area contributed by atoms with E-state index < -0.39 is 0 Å². The molecule has 5 nitrogen and oxygen atoms in total. The first-order valence-electron chi connectivity index (χ1n) is 8.63. The van der Waals surface area contributed by atoms with E-state index in [2.05, 4.69) is 0 Å². The Kier molecular flexibility index (Phi) is 7.83. The standard InChI is InChI=1S/C21H24O5/c1-3-25-21(23)11-7-16-6-10-19(20(14-16)26-13-12-24-2)18-8-4-17(15-22)5-9-18/h4-6,8-10,14-15H,3,7,11-13H2,1-2H3. The second-order valence-corrected chi connectivity index (χ2v) is 5.72. The van der Waals surface area contributed by atoms with Crippen LogP contribution in [-0.2, 0) is 20.7 Å². The topological polar surface area (TPSA) is 61.8 Å². The molecule has 0 saturated carbocycles. The van der Waals surface area contributed by atoms with Crippen LogP contribution in [-0.4, -0.2) is 39.2 Å². The number of carbonyl (C=O) groups excluding carboxylic acids is 2. The van der Waals surface area contributed by atoms with Crippen LogP contribution in [0.15, 0.2) is 42.5 Å². The summed E-state index contributed by atoms with van der Waals surface area (Å²) in [5, 5.41) is 0. The van der Waals surface area contributed by atoms with Gasteiger partial charge >= 0.3 is 5.97 Å². The van der Waals surface area contributed by atoms with Crippen molar-refractivity contribution in [1.29, 1.82) is 0 Å². The van der Waals surface area contributed by atoms with Crippen LogP contribution in [0.25, 0.3) is 11.1 Å². The van der Waals surface area contributed by atoms with E-state index in [0.717, 1.165) is 28.7 Å². The fourth-order valence-electron chi connectivity index (χ4n) is 2.54. The highest BCUT2D eigenvalue weighted by atomic mass is 16.5. The van der Waals surface area contributed by atoms with Crippen molar-refractivity contribution in [1.82, 2.24) is 0 Å². The lowest BCUT2D eigenvalue weighted by Crippen LogP contribution is -2.07. The largest absolute Gasteiger partial charge is 0.491 e. The number of benzene rings is 2. The molecular formula is C21H24O5. The van der Waals surface area contributed by atoms with E-state index in [1.54, 1.807) is 26.2 Å². The third kappa shape index (κ3) is 5.70. The minimum Gasteiger partial charge on any atom is -0.491 e. The highest BCUT2D eigenvalue weighted by Crippen LogP contribution is 2.31. The van der Waals surface area contributed by atoms with Gasteiger partial charge in [0.1, 0.15) is 18.6 Å². The van der Waals surface area contributed by atoms with Crippen molar-refractivity contribution in [3.63, 3.8) is 0 Å². The van der Waals surface area contributed by atoms with Crippen LogP contribution in [0.4, 0.5) is 0 Å². The molecule has 0 heterocycles. The first-order chi connectivity index (χ1) is 12.7. The van der Waals surface area contributed by atoms with Gasteiger partial charge in [0, 0.05) is 24.7 Å². The van der Waals surface area contributed by atoms with Crippen molar-refractivity contribution < 1.29 is 23.8 Å². The Labute approximate surface area is 153 Å². The molecule has 0 saturated heterocycles. The molecule has 5 heteroatoms. The number of aldehydes is 1. The number of ether oxygens (including phenoxy) is 3. The molecule has 2 rings (SSSR count). The SMILES string of the molecule is CCOC(=O)CCc1ccc(-c2ccc(C=O)cc2)c(OCCOC)c1. The lowest BCUT2D eigenvalue weighted by Gasteiger charge is -2.14. The van der Waals surface area contributed by atoms with Gasteiger partial charge in [0.25, 0.3) is 0 Å². The summed E-state index contributed by atoms with van der Waals surface area (Å²) in [4.78, 5) is 22.4. The molecule has 0 aliphatic carbocycles. The minimum absolute atomic E-state index is 0.206. The quantitative estimate of drug-likeness (QED) is 0.369. The zero-order chi connectivity index (χ0) is 18.8. The minimum atomic E-state index is -0.206. The first-order valence-corrected chi connectivity index (χ1v) is 8.63. The van der Waals surface area contributed by atoms with Gasteiger partial charge in [-0.05, 0) is 30.5 Å². The Morgan fingerprint density at radius 2 is 1.85 bits per heavy atom. The number of carbonyl (C=O) groups is 2. The maximum Gasteiger partial charge on any atom is 0.306 e. The summed E-state index contributed by atoms with van der Waals surface area (Å²) in [6.45, 7) is 3.10. The Morgan fingerprint density at radius 1 is 1.08 bits per heavy atom. The maximum absolute atomic E-state index is 11.6. The Hall–Kier alpha value is -2.66. The number of methoxy groups -OCH3 is 1. The van der Waals surface area contributed by atoms with Crippen LogP contribution in [0.1, 0.15) is 29.3 Å². The van der Waals surface area contributed by atoms with E-state index in [-0.39, 0.29) is 5.97 Å². The molecule has 2 aromatic rings. The molecule has 0 amide bonds. The molecule has 2 aromatic carbocycles. The molecule has 0 aliphatic heterocycles. The maximum atomic E-state index is 11.6. The molecule has 0 N–H and O–H groups in total. The Balaban J connectivity index is 2.22. The number of hydrogen-bond donors (Lipinski definition) is 0. The molecule has 0 fully saturated rings. The van der Waals surface area contributed by atoms with E-state index >= 15 is 0 Å². The first kappa shape index (κ1) is 19.7. The van der Waals surface area contributed by atoms with Crippen LogP contribution in [0.5, 0.6) is 5.75 Å². The normalized spacial score (nSPS) is 10.4. The lowest BCUT2D eigenvalue weighted by molar-refractivity contribution is -0.143. The van der Waals surface area contributed by atoms with Gasteiger partial charge in [-0.3, -0.25) is 9.59 Å². The summed E-state index contributed by atoms with van der Waals surface area (Å²) in [6, 6.07) is 13.2. The molecule has 0 spiro atoms. The average molecular weight is 356 g/mol. The van der Waals surface area contributed by atoms with Crippen LogP contribution in [0, 0.1) is 0 Å². The predicted octanol–water partition coefficient (Wildman–Crippen LogP) is 3.69. The molecule has 0 aromatic heterocycles. The molecular weight excluding hydrogens is 332 g/mol. The van der Waals surface area contributed by atoms with Gasteiger partial charge in [0.15, 0.2) is 0 Å². The summed E-state index contributed by atoms with van der Waals surface area (Å²) in [5.74, 6) is 0.519. The van der Waals surface area contributed by atoms with Gasteiger partial charge in [0.05, 0.1) is 13.2 Å². The zero-order valence-corrected chi connectivity index (χ0v) is 15.2. The zero-order valence-electron chi connectivity index (χ0n) is 15.2. The number of rotatable bonds is 10. The third-order valence-electron chi connectivity index (χ3n) is 3.87. The van der Waals surface area contributed by atoms with Crippen LogP contribution in [0.2, 0.25) is 0 Å². The highest BCUT2D eigenvalue weighted by molar-refractivity contribution is 5.78. The third-order valence-corrected chi connectivity index (χ3v) is 3.87. The fraction of sp³-hybridized carbons (Fsp3) is 0.333. The van der Waals surface area contributed by atoms with Crippen molar-refractivity contribution in [3.05, 3.63) is 53.6 Å². The summed E-state index contributed by atoms with van der Waals surface area (Å²) >= 11 is 0. The van der Waals surface area contributed by atoms with Crippen molar-refractivity contribution in [2.45, 2.75) is 19.8 Å². The van der Waals surface area contributed by atoms with Gasteiger partial charge < -0.3 is 14.2 Å². The fourth-order valence-corrected chi connectivity index (χ4v) is 2.54. The molecule has 0 radical (unpaired) electrons. The van der Waals surface area contributed by atoms with Crippen LogP contribution < -0.4 is 4.74 Å². The molecule has 0 atom stereocenters. The van der Waals surface area contributed by atoms with Crippen molar-refractivity contribution in [3.8, 4) is 16.9 Å². The van der Waals surface area contributed by atoms with Gasteiger partial charge in [-0.25, -0.2) is 0 Å². The molecule has 0 aliphatic rings. The van der Waals surface area contributed by atoms with Crippen molar-refractivity contribution >= 4 is 12.3 Å². The van der Waals surface area contributed by atoms with E-state index in [4.69, 9.17) is 14.2 Å². The van der Waals surface area contributed by atoms with Crippen LogP contribution in [0.3, 0.4) is 0 Å². The van der Waals surface area contributed by atoms with Gasteiger partial charge in [-0.1, -0.05) is 36.4 Å². The van der Waals surface area contributed by atoms with Gasteiger partial charge in [0.2, 0.25) is 0 Å². The van der Waals surface area contributed by atoms with E-state index in [9.17, 15) is 9.59 Å². The smallest absolute Gasteiger partial charge is 0.306 e. The summed E-state index contributed by atoms with van der Waals surface area (Å²) < 4.78 is 15.9. The lowest BCUT2D eigenvalue weighted by atomic mass is 10.00. The molecule has 0 unspecified atom stereocenters. The molecule has 138 valence electrons. The van der Waals surface area contributed by atoms with Crippen LogP contribution >= 0.6 is 0 Å². The number of aryl methyl sites for hydroxylation is 1. The molecule has 26 heavy (non-hydrogen) atoms. The summed E-state index contributed by atoms with van der Waals surface area (Å²) in [6.07, 6.45) is 1.74. The summed E-state index contributed by atoms with van der Waals surface area (Å²) in [5.41, 5.74) is 3.51.